The van der Waals surface area contributed by atoms with Crippen LogP contribution in [0.5, 0.6) is 11.5 Å². The Hall–Kier alpha value is -7.28. The van der Waals surface area contributed by atoms with E-state index in [2.05, 4.69) is 108 Å². The summed E-state index contributed by atoms with van der Waals surface area (Å²) in [5.41, 5.74) is 13.5. The van der Waals surface area contributed by atoms with E-state index < -0.39 is 0 Å². The minimum Gasteiger partial charge on any atom is -0.497 e. The van der Waals surface area contributed by atoms with Crippen molar-refractivity contribution in [2.75, 3.05) is 14.2 Å². The van der Waals surface area contributed by atoms with E-state index in [4.69, 9.17) is 9.47 Å². The van der Waals surface area contributed by atoms with Crippen LogP contribution in [0.3, 0.4) is 0 Å². The quantitative estimate of drug-likeness (QED) is 0.173. The highest BCUT2D eigenvalue weighted by Crippen LogP contribution is 2.47. The number of aromatic nitrogens is 2. The number of nitriles is 2. The first-order valence-electron chi connectivity index (χ1n) is 17.8. The van der Waals surface area contributed by atoms with Gasteiger partial charge < -0.3 is 18.6 Å². The Morgan fingerprint density at radius 1 is 0.426 bits per heavy atom. The molecule has 0 aliphatic carbocycles. The summed E-state index contributed by atoms with van der Waals surface area (Å²) in [5, 5.41) is 24.0. The Balaban J connectivity index is 1.56. The fraction of sp³-hybridized carbons (Fsp3) is 0.0833. The van der Waals surface area contributed by atoms with Crippen molar-refractivity contribution in [3.63, 3.8) is 0 Å². The Bertz CT molecular complexity index is 2920. The molecule has 2 aromatic heterocycles. The molecule has 0 aliphatic rings. The van der Waals surface area contributed by atoms with E-state index in [1.807, 2.05) is 60.7 Å². The van der Waals surface area contributed by atoms with Crippen LogP contribution in [0.4, 0.5) is 0 Å². The number of benzene rings is 7. The van der Waals surface area contributed by atoms with Crippen molar-refractivity contribution in [3.8, 4) is 57.3 Å². The van der Waals surface area contributed by atoms with E-state index in [1.165, 1.54) is 21.9 Å². The molecule has 2 heterocycles. The predicted molar refractivity (Wildman–Crippen MR) is 218 cm³/mol. The summed E-state index contributed by atoms with van der Waals surface area (Å²) in [6.07, 6.45) is 0. The lowest BCUT2D eigenvalue weighted by molar-refractivity contribution is 0.415. The molecule has 9 aromatic rings. The van der Waals surface area contributed by atoms with Gasteiger partial charge in [0, 0.05) is 44.8 Å². The van der Waals surface area contributed by atoms with E-state index in [-0.39, 0.29) is 0 Å². The first-order chi connectivity index (χ1) is 26.4. The summed E-state index contributed by atoms with van der Waals surface area (Å²) in [4.78, 5) is 0. The Morgan fingerprint density at radius 3 is 1.22 bits per heavy atom. The van der Waals surface area contributed by atoms with E-state index in [0.717, 1.165) is 78.0 Å². The summed E-state index contributed by atoms with van der Waals surface area (Å²) >= 11 is 0. The van der Waals surface area contributed by atoms with Gasteiger partial charge in [0.05, 0.1) is 70.9 Å². The molecule has 0 saturated heterocycles. The molecule has 7 aromatic carbocycles. The van der Waals surface area contributed by atoms with Gasteiger partial charge in [-0.25, -0.2) is 0 Å². The van der Waals surface area contributed by atoms with Gasteiger partial charge in [0.2, 0.25) is 0 Å². The van der Waals surface area contributed by atoms with Crippen LogP contribution in [0.25, 0.3) is 77.2 Å². The zero-order valence-corrected chi connectivity index (χ0v) is 30.3. The molecule has 0 unspecified atom stereocenters. The average Bonchev–Trinajstić information content (AvgIpc) is 3.70. The molecule has 0 bridgehead atoms. The molecule has 0 saturated carbocycles. The summed E-state index contributed by atoms with van der Waals surface area (Å²) < 4.78 is 16.4. The molecule has 0 fully saturated rings. The second kappa shape index (κ2) is 12.7. The van der Waals surface area contributed by atoms with Gasteiger partial charge in [0.1, 0.15) is 11.5 Å². The summed E-state index contributed by atoms with van der Waals surface area (Å²) in [6.45, 7) is 4.27. The Kier molecular flexibility index (Phi) is 7.69. The van der Waals surface area contributed by atoms with Gasteiger partial charge in [-0.3, -0.25) is 0 Å². The van der Waals surface area contributed by atoms with Crippen molar-refractivity contribution in [1.29, 1.82) is 10.5 Å². The minimum absolute atomic E-state index is 0.592. The molecule has 0 N–H and O–H groups in total. The summed E-state index contributed by atoms with van der Waals surface area (Å²) in [5.74, 6) is 1.48. The summed E-state index contributed by atoms with van der Waals surface area (Å²) in [7, 11) is 3.39. The highest BCUT2D eigenvalue weighted by molar-refractivity contribution is 6.14. The van der Waals surface area contributed by atoms with Crippen LogP contribution >= 0.6 is 0 Å². The van der Waals surface area contributed by atoms with Crippen molar-refractivity contribution in [2.24, 2.45) is 0 Å². The van der Waals surface area contributed by atoms with Gasteiger partial charge in [-0.05, 0) is 97.8 Å². The third-order valence-electron chi connectivity index (χ3n) is 10.5. The van der Waals surface area contributed by atoms with Crippen molar-refractivity contribution in [3.05, 3.63) is 156 Å². The second-order valence-corrected chi connectivity index (χ2v) is 13.7. The van der Waals surface area contributed by atoms with Gasteiger partial charge in [-0.1, -0.05) is 59.7 Å². The zero-order chi connectivity index (χ0) is 37.1. The first-order valence-corrected chi connectivity index (χ1v) is 17.8. The number of rotatable bonds is 6. The largest absolute Gasteiger partial charge is 0.497 e. The number of aryl methyl sites for hydroxylation is 2. The number of methoxy groups -OCH3 is 2. The summed E-state index contributed by atoms with van der Waals surface area (Å²) in [6, 6.07) is 50.3. The fourth-order valence-electron chi connectivity index (χ4n) is 7.91. The monoisotopic (exact) mass is 698 g/mol. The number of fused-ring (bicyclic) bond motifs is 6. The van der Waals surface area contributed by atoms with Gasteiger partial charge in [0.25, 0.3) is 0 Å². The highest BCUT2D eigenvalue weighted by atomic mass is 16.5. The SMILES string of the molecule is COc1ccc2c3ccc(OC)cc3n(-c3c(-c4ccc(C#N)cc4)ccc(-c4ccc(C#N)cc4)c3-n3c4ccc(C)cc4c4cc(C)ccc43)c2c1. The number of ether oxygens (including phenoxy) is 2. The maximum absolute atomic E-state index is 9.75. The first kappa shape index (κ1) is 32.6. The molecule has 9 rings (SSSR count). The molecule has 6 heteroatoms. The minimum atomic E-state index is 0.592. The van der Waals surface area contributed by atoms with Crippen LogP contribution in [-0.4, -0.2) is 23.4 Å². The van der Waals surface area contributed by atoms with Gasteiger partial charge in [-0.2, -0.15) is 10.5 Å². The molecule has 0 spiro atoms. The van der Waals surface area contributed by atoms with Crippen LogP contribution in [0, 0.1) is 36.5 Å². The molecular weight excluding hydrogens is 665 g/mol. The Labute approximate surface area is 312 Å². The van der Waals surface area contributed by atoms with E-state index in [0.29, 0.717) is 11.1 Å². The third kappa shape index (κ3) is 5.08. The molecular formula is C48H34N4O2. The lowest BCUT2D eigenvalue weighted by atomic mass is 9.94. The van der Waals surface area contributed by atoms with Crippen LogP contribution < -0.4 is 9.47 Å². The van der Waals surface area contributed by atoms with Gasteiger partial charge in [0.15, 0.2) is 0 Å². The number of hydrogen-bond acceptors (Lipinski definition) is 4. The van der Waals surface area contributed by atoms with Crippen LogP contribution in [-0.2, 0) is 0 Å². The Morgan fingerprint density at radius 2 is 0.833 bits per heavy atom. The number of nitrogens with zero attached hydrogens (tertiary/aromatic N) is 4. The topological polar surface area (TPSA) is 75.9 Å². The normalized spacial score (nSPS) is 11.3. The van der Waals surface area contributed by atoms with Crippen molar-refractivity contribution >= 4 is 43.6 Å². The molecule has 0 aliphatic heterocycles. The van der Waals surface area contributed by atoms with Crippen molar-refractivity contribution in [1.82, 2.24) is 9.13 Å². The molecule has 0 amide bonds. The molecule has 258 valence electrons. The van der Waals surface area contributed by atoms with E-state index in [1.54, 1.807) is 14.2 Å². The average molecular weight is 699 g/mol. The van der Waals surface area contributed by atoms with E-state index in [9.17, 15) is 10.5 Å². The van der Waals surface area contributed by atoms with Crippen LogP contribution in [0.1, 0.15) is 22.3 Å². The lowest BCUT2D eigenvalue weighted by Crippen LogP contribution is -2.08. The molecule has 6 nitrogen and oxygen atoms in total. The third-order valence-corrected chi connectivity index (χ3v) is 10.5. The highest BCUT2D eigenvalue weighted by Gasteiger charge is 2.26. The fourth-order valence-corrected chi connectivity index (χ4v) is 7.91. The molecule has 0 radical (unpaired) electrons. The molecule has 54 heavy (non-hydrogen) atoms. The lowest BCUT2D eigenvalue weighted by Gasteiger charge is -2.24. The van der Waals surface area contributed by atoms with Gasteiger partial charge in [-0.15, -0.1) is 0 Å². The van der Waals surface area contributed by atoms with Gasteiger partial charge >= 0.3 is 0 Å². The van der Waals surface area contributed by atoms with Crippen molar-refractivity contribution < 1.29 is 9.47 Å². The smallest absolute Gasteiger partial charge is 0.120 e. The second-order valence-electron chi connectivity index (χ2n) is 13.7. The van der Waals surface area contributed by atoms with Crippen LogP contribution in [0.15, 0.2) is 133 Å². The molecule has 0 atom stereocenters. The predicted octanol–water partition coefficient (Wildman–Crippen LogP) is 11.6. The maximum atomic E-state index is 9.75. The van der Waals surface area contributed by atoms with Crippen molar-refractivity contribution in [2.45, 2.75) is 13.8 Å². The van der Waals surface area contributed by atoms with Crippen LogP contribution in [0.2, 0.25) is 0 Å². The number of hydrogen-bond donors (Lipinski definition) is 0. The standard InChI is InChI=1S/C48H34N4O2/c1-29-5-21-43-41(23-29)42-24-30(2)6-22-44(42)51(43)47-37(33-11-7-31(27-49)8-12-33)19-20-38(34-13-9-32(28-50)10-14-34)48(47)52-45-25-35(53-3)15-17-39(45)40-18-16-36(54-4)26-46(40)52/h5-26H,1-4H3. The zero-order valence-electron chi connectivity index (χ0n) is 30.3. The van der Waals surface area contributed by atoms with E-state index >= 15 is 0 Å². The maximum Gasteiger partial charge on any atom is 0.120 e.